The topological polar surface area (TPSA) is 46.9 Å². The maximum Gasteiger partial charge on any atom is 0.232 e. The number of halogens is 1. The van der Waals surface area contributed by atoms with Crippen LogP contribution in [0.25, 0.3) is 0 Å². The molecule has 1 N–H and O–H groups in total. The van der Waals surface area contributed by atoms with E-state index in [1.165, 1.54) is 0 Å². The zero-order valence-corrected chi connectivity index (χ0v) is 9.30. The molecule has 1 amide bonds. The van der Waals surface area contributed by atoms with Gasteiger partial charge >= 0.3 is 0 Å². The van der Waals surface area contributed by atoms with Crippen LogP contribution in [0.15, 0.2) is 12.3 Å². The van der Waals surface area contributed by atoms with Gasteiger partial charge in [0.15, 0.2) is 0 Å². The fourth-order valence-corrected chi connectivity index (χ4v) is 0.964. The van der Waals surface area contributed by atoms with Gasteiger partial charge in [-0.1, -0.05) is 0 Å². The Kier molecular flexibility index (Phi) is 3.16. The number of carbonyl (C=O) groups is 1. The lowest BCUT2D eigenvalue weighted by Gasteiger charge is -2.20. The Morgan fingerprint density at radius 2 is 2.36 bits per heavy atom. The fourth-order valence-electron chi connectivity index (χ4n) is 0.843. The van der Waals surface area contributed by atoms with Gasteiger partial charge in [-0.3, -0.25) is 9.48 Å². The first-order valence-corrected chi connectivity index (χ1v) is 4.86. The quantitative estimate of drug-likeness (QED) is 0.779. The summed E-state index contributed by atoms with van der Waals surface area (Å²) in [6, 6.07) is 1.74. The molecule has 1 heterocycles. The van der Waals surface area contributed by atoms with Crippen LogP contribution < -0.4 is 5.32 Å². The molecule has 5 heteroatoms. The van der Waals surface area contributed by atoms with Gasteiger partial charge in [0, 0.05) is 19.0 Å². The van der Waals surface area contributed by atoms with E-state index in [4.69, 9.17) is 11.6 Å². The van der Waals surface area contributed by atoms with Crippen molar-refractivity contribution in [2.75, 3.05) is 11.2 Å². The summed E-state index contributed by atoms with van der Waals surface area (Å²) in [4.78, 5) is 11.7. The van der Waals surface area contributed by atoms with E-state index in [1.54, 1.807) is 37.8 Å². The summed E-state index contributed by atoms with van der Waals surface area (Å²) < 4.78 is 1.60. The minimum absolute atomic E-state index is 0.101. The highest BCUT2D eigenvalue weighted by Crippen LogP contribution is 2.19. The minimum Gasteiger partial charge on any atom is -0.310 e. The molecule has 0 aliphatic carbocycles. The summed E-state index contributed by atoms with van der Waals surface area (Å²) in [7, 11) is 1.77. The maximum atomic E-state index is 11.7. The first-order chi connectivity index (χ1) is 6.47. The molecule has 0 saturated heterocycles. The molecule has 0 saturated carbocycles. The van der Waals surface area contributed by atoms with Gasteiger partial charge in [0.1, 0.15) is 5.82 Å². The van der Waals surface area contributed by atoms with Gasteiger partial charge in [-0.2, -0.15) is 5.10 Å². The monoisotopic (exact) mass is 215 g/mol. The third kappa shape index (κ3) is 2.26. The number of alkyl halides is 1. The van der Waals surface area contributed by atoms with Crippen molar-refractivity contribution >= 4 is 23.3 Å². The zero-order chi connectivity index (χ0) is 10.8. The van der Waals surface area contributed by atoms with Gasteiger partial charge in [-0.05, 0) is 13.8 Å². The average molecular weight is 216 g/mol. The molecule has 0 aliphatic heterocycles. The van der Waals surface area contributed by atoms with Crippen LogP contribution in [0, 0.1) is 5.41 Å². The molecule has 4 nitrogen and oxygen atoms in total. The molecule has 0 atom stereocenters. The number of nitrogens with zero attached hydrogens (tertiary/aromatic N) is 2. The Hall–Kier alpha value is -1.03. The van der Waals surface area contributed by atoms with Crippen molar-refractivity contribution in [2.45, 2.75) is 13.8 Å². The van der Waals surface area contributed by atoms with Crippen molar-refractivity contribution in [2.24, 2.45) is 12.5 Å². The lowest BCUT2D eigenvalue weighted by Crippen LogP contribution is -2.32. The van der Waals surface area contributed by atoms with E-state index in [1.807, 2.05) is 0 Å². The van der Waals surface area contributed by atoms with E-state index in [0.29, 0.717) is 5.82 Å². The molecular weight excluding hydrogens is 202 g/mol. The Labute approximate surface area is 88.2 Å². The second-order valence-electron chi connectivity index (χ2n) is 3.81. The van der Waals surface area contributed by atoms with Crippen LogP contribution in [0.4, 0.5) is 5.82 Å². The summed E-state index contributed by atoms with van der Waals surface area (Å²) in [5, 5.41) is 6.70. The summed E-state index contributed by atoms with van der Waals surface area (Å²) >= 11 is 5.68. The Morgan fingerprint density at radius 1 is 1.71 bits per heavy atom. The number of aromatic nitrogens is 2. The molecule has 1 aromatic rings. The number of anilines is 1. The normalized spacial score (nSPS) is 11.4. The van der Waals surface area contributed by atoms with E-state index in [0.717, 1.165) is 0 Å². The third-order valence-electron chi connectivity index (χ3n) is 2.01. The molecule has 0 bridgehead atoms. The smallest absolute Gasteiger partial charge is 0.232 e. The zero-order valence-electron chi connectivity index (χ0n) is 8.54. The summed E-state index contributed by atoms with van der Waals surface area (Å²) in [6.45, 7) is 3.59. The fraction of sp³-hybridized carbons (Fsp3) is 0.556. The molecular formula is C9H14ClN3O. The first-order valence-electron chi connectivity index (χ1n) is 4.33. The van der Waals surface area contributed by atoms with Crippen LogP contribution in [0.5, 0.6) is 0 Å². The average Bonchev–Trinajstić information content (AvgIpc) is 2.52. The van der Waals surface area contributed by atoms with Gasteiger partial charge in [0.05, 0.1) is 11.6 Å². The summed E-state index contributed by atoms with van der Waals surface area (Å²) in [5.41, 5.74) is -0.564. The second-order valence-corrected chi connectivity index (χ2v) is 4.08. The van der Waals surface area contributed by atoms with Gasteiger partial charge < -0.3 is 5.32 Å². The number of nitrogens with one attached hydrogen (secondary N) is 1. The standard InChI is InChI=1S/C9H14ClN3O/c1-9(2,6-10)8(14)12-7-4-5-11-13(7)3/h4-5H,6H2,1-3H3,(H,12,14). The summed E-state index contributed by atoms with van der Waals surface area (Å²) in [6.07, 6.45) is 1.63. The van der Waals surface area contributed by atoms with Crippen LogP contribution in [0.3, 0.4) is 0 Å². The molecule has 0 radical (unpaired) electrons. The lowest BCUT2D eigenvalue weighted by atomic mass is 9.95. The highest BCUT2D eigenvalue weighted by molar-refractivity contribution is 6.20. The van der Waals surface area contributed by atoms with Gasteiger partial charge in [0.25, 0.3) is 0 Å². The molecule has 1 aromatic heterocycles. The van der Waals surface area contributed by atoms with Gasteiger partial charge in [0.2, 0.25) is 5.91 Å². The molecule has 0 spiro atoms. The van der Waals surface area contributed by atoms with Crippen LogP contribution >= 0.6 is 11.6 Å². The van der Waals surface area contributed by atoms with Crippen LogP contribution in [0.2, 0.25) is 0 Å². The number of hydrogen-bond donors (Lipinski definition) is 1. The Morgan fingerprint density at radius 3 is 2.79 bits per heavy atom. The second kappa shape index (κ2) is 4.00. The minimum atomic E-state index is -0.564. The van der Waals surface area contributed by atoms with Gasteiger partial charge in [-0.25, -0.2) is 0 Å². The predicted molar refractivity (Wildman–Crippen MR) is 56.3 cm³/mol. The number of rotatable bonds is 3. The van der Waals surface area contributed by atoms with Crippen LogP contribution in [-0.2, 0) is 11.8 Å². The molecule has 0 aromatic carbocycles. The maximum absolute atomic E-state index is 11.7. The van der Waals surface area contributed by atoms with Crippen molar-refractivity contribution in [3.05, 3.63) is 12.3 Å². The number of carbonyl (C=O) groups excluding carboxylic acids is 1. The van der Waals surface area contributed by atoms with Gasteiger partial charge in [-0.15, -0.1) is 11.6 Å². The van der Waals surface area contributed by atoms with E-state index < -0.39 is 5.41 Å². The molecule has 0 aliphatic rings. The number of hydrogen-bond acceptors (Lipinski definition) is 2. The molecule has 0 unspecified atom stereocenters. The number of aryl methyl sites for hydroxylation is 1. The molecule has 0 fully saturated rings. The SMILES string of the molecule is Cn1nccc1NC(=O)C(C)(C)CCl. The van der Waals surface area contributed by atoms with E-state index in [2.05, 4.69) is 10.4 Å². The Bertz CT molecular complexity index is 333. The first kappa shape index (κ1) is 11.0. The molecule has 1 rings (SSSR count). The van der Waals surface area contributed by atoms with Crippen LogP contribution in [-0.4, -0.2) is 21.6 Å². The summed E-state index contributed by atoms with van der Waals surface area (Å²) in [5.74, 6) is 0.862. The lowest BCUT2D eigenvalue weighted by molar-refractivity contribution is -0.123. The number of amides is 1. The predicted octanol–water partition coefficient (Wildman–Crippen LogP) is 1.62. The van der Waals surface area contributed by atoms with E-state index in [9.17, 15) is 4.79 Å². The van der Waals surface area contributed by atoms with Crippen molar-refractivity contribution in [1.82, 2.24) is 9.78 Å². The van der Waals surface area contributed by atoms with Crippen molar-refractivity contribution in [3.63, 3.8) is 0 Å². The van der Waals surface area contributed by atoms with Crippen molar-refractivity contribution in [1.29, 1.82) is 0 Å². The Balaban J connectivity index is 2.71. The molecule has 78 valence electrons. The van der Waals surface area contributed by atoms with E-state index >= 15 is 0 Å². The highest BCUT2D eigenvalue weighted by Gasteiger charge is 2.26. The van der Waals surface area contributed by atoms with Crippen molar-refractivity contribution in [3.8, 4) is 0 Å². The van der Waals surface area contributed by atoms with E-state index in [-0.39, 0.29) is 11.8 Å². The van der Waals surface area contributed by atoms with Crippen molar-refractivity contribution < 1.29 is 4.79 Å². The van der Waals surface area contributed by atoms with Crippen LogP contribution in [0.1, 0.15) is 13.8 Å². The highest BCUT2D eigenvalue weighted by atomic mass is 35.5. The largest absolute Gasteiger partial charge is 0.310 e. The third-order valence-corrected chi connectivity index (χ3v) is 2.68. The molecule has 14 heavy (non-hydrogen) atoms.